The van der Waals surface area contributed by atoms with Gasteiger partial charge in [-0.15, -0.1) is 0 Å². The van der Waals surface area contributed by atoms with Crippen LogP contribution in [0.2, 0.25) is 0 Å². The predicted octanol–water partition coefficient (Wildman–Crippen LogP) is 2.33. The van der Waals surface area contributed by atoms with Gasteiger partial charge in [0.05, 0.1) is 18.8 Å². The van der Waals surface area contributed by atoms with E-state index < -0.39 is 0 Å². The molecular formula is C17H27N5O2. The lowest BCUT2D eigenvalue weighted by atomic mass is 10.0. The maximum absolute atomic E-state index is 5.71. The summed E-state index contributed by atoms with van der Waals surface area (Å²) in [6.45, 7) is 9.56. The van der Waals surface area contributed by atoms with Gasteiger partial charge in [-0.3, -0.25) is 9.80 Å². The molecule has 1 aliphatic heterocycles. The van der Waals surface area contributed by atoms with Crippen LogP contribution in [0.5, 0.6) is 0 Å². The number of aromatic nitrogens is 3. The molecule has 0 amide bonds. The van der Waals surface area contributed by atoms with Crippen LogP contribution in [0.15, 0.2) is 8.94 Å². The number of nitrogens with zero attached hydrogens (tertiary/aromatic N) is 5. The molecule has 0 aliphatic carbocycles. The van der Waals surface area contributed by atoms with Gasteiger partial charge >= 0.3 is 0 Å². The van der Waals surface area contributed by atoms with Crippen molar-refractivity contribution in [3.63, 3.8) is 0 Å². The van der Waals surface area contributed by atoms with Crippen molar-refractivity contribution in [3.05, 3.63) is 29.1 Å². The molecule has 0 aromatic carbocycles. The molecule has 3 heterocycles. The molecule has 132 valence electrons. The van der Waals surface area contributed by atoms with Gasteiger partial charge in [0.2, 0.25) is 11.8 Å². The molecule has 2 aromatic rings. The summed E-state index contributed by atoms with van der Waals surface area (Å²) in [5, 5.41) is 4.06. The van der Waals surface area contributed by atoms with Crippen molar-refractivity contribution in [2.75, 3.05) is 20.1 Å². The molecule has 3 rings (SSSR count). The molecular weight excluding hydrogens is 306 g/mol. The zero-order valence-electron chi connectivity index (χ0n) is 15.1. The van der Waals surface area contributed by atoms with Gasteiger partial charge in [0.25, 0.3) is 0 Å². The van der Waals surface area contributed by atoms with Crippen molar-refractivity contribution in [3.8, 4) is 0 Å². The van der Waals surface area contributed by atoms with Crippen LogP contribution in [0.3, 0.4) is 0 Å². The molecule has 24 heavy (non-hydrogen) atoms. The van der Waals surface area contributed by atoms with E-state index in [1.165, 1.54) is 12.8 Å². The van der Waals surface area contributed by atoms with Crippen LogP contribution in [-0.4, -0.2) is 51.1 Å². The lowest BCUT2D eigenvalue weighted by Crippen LogP contribution is -2.45. The van der Waals surface area contributed by atoms with E-state index >= 15 is 0 Å². The van der Waals surface area contributed by atoms with Crippen molar-refractivity contribution >= 4 is 0 Å². The normalized spacial score (nSPS) is 19.3. The number of oxazole rings is 1. The van der Waals surface area contributed by atoms with Crippen LogP contribution in [0.4, 0.5) is 0 Å². The summed E-state index contributed by atoms with van der Waals surface area (Å²) >= 11 is 0. The maximum atomic E-state index is 5.71. The summed E-state index contributed by atoms with van der Waals surface area (Å²) < 4.78 is 10.9. The van der Waals surface area contributed by atoms with Crippen molar-refractivity contribution in [1.29, 1.82) is 0 Å². The van der Waals surface area contributed by atoms with Crippen molar-refractivity contribution in [1.82, 2.24) is 24.9 Å². The Morgan fingerprint density at radius 3 is 2.75 bits per heavy atom. The molecule has 0 radical (unpaired) electrons. The molecule has 0 N–H and O–H groups in total. The average molecular weight is 333 g/mol. The minimum atomic E-state index is 0.490. The summed E-state index contributed by atoms with van der Waals surface area (Å²) in [7, 11) is 2.15. The van der Waals surface area contributed by atoms with E-state index in [9.17, 15) is 0 Å². The Morgan fingerprint density at radius 2 is 2.08 bits per heavy atom. The van der Waals surface area contributed by atoms with Gasteiger partial charge in [-0.1, -0.05) is 12.1 Å². The fourth-order valence-corrected chi connectivity index (χ4v) is 3.18. The molecule has 7 heteroatoms. The van der Waals surface area contributed by atoms with E-state index in [0.29, 0.717) is 11.9 Å². The topological polar surface area (TPSA) is 71.4 Å². The van der Waals surface area contributed by atoms with E-state index in [1.807, 2.05) is 20.8 Å². The minimum Gasteiger partial charge on any atom is -0.444 e. The van der Waals surface area contributed by atoms with Gasteiger partial charge in [0.1, 0.15) is 5.76 Å². The third-order valence-electron chi connectivity index (χ3n) is 4.74. The molecule has 0 spiro atoms. The van der Waals surface area contributed by atoms with Crippen LogP contribution in [-0.2, 0) is 19.5 Å². The fraction of sp³-hybridized carbons (Fsp3) is 0.706. The SMILES string of the molecule is CCc1nc(CN2CCCC(N(C)Cc3nc(C)c(C)o3)C2)no1. The van der Waals surface area contributed by atoms with Gasteiger partial charge < -0.3 is 8.94 Å². The average Bonchev–Trinajstić information content (AvgIpc) is 3.14. The van der Waals surface area contributed by atoms with Crippen LogP contribution >= 0.6 is 0 Å². The van der Waals surface area contributed by atoms with Crippen molar-refractivity contribution in [2.45, 2.75) is 59.2 Å². The van der Waals surface area contributed by atoms with Gasteiger partial charge in [0, 0.05) is 19.0 Å². The van der Waals surface area contributed by atoms with E-state index in [0.717, 1.165) is 55.8 Å². The Balaban J connectivity index is 1.56. The highest BCUT2D eigenvalue weighted by atomic mass is 16.5. The molecule has 0 bridgehead atoms. The number of hydrogen-bond donors (Lipinski definition) is 0. The van der Waals surface area contributed by atoms with Gasteiger partial charge in [-0.2, -0.15) is 4.98 Å². The van der Waals surface area contributed by atoms with Crippen molar-refractivity contribution in [2.24, 2.45) is 0 Å². The third-order valence-corrected chi connectivity index (χ3v) is 4.74. The van der Waals surface area contributed by atoms with Gasteiger partial charge in [-0.25, -0.2) is 4.98 Å². The Morgan fingerprint density at radius 1 is 1.25 bits per heavy atom. The number of piperidine rings is 1. The Bertz CT molecular complexity index is 646. The number of aryl methyl sites for hydroxylation is 3. The van der Waals surface area contributed by atoms with Crippen LogP contribution in [0, 0.1) is 13.8 Å². The lowest BCUT2D eigenvalue weighted by molar-refractivity contribution is 0.0987. The summed E-state index contributed by atoms with van der Waals surface area (Å²) in [6, 6.07) is 0.490. The lowest BCUT2D eigenvalue weighted by Gasteiger charge is -2.36. The van der Waals surface area contributed by atoms with E-state index in [4.69, 9.17) is 8.94 Å². The first-order valence-electron chi connectivity index (χ1n) is 8.72. The first-order chi connectivity index (χ1) is 11.5. The summed E-state index contributed by atoms with van der Waals surface area (Å²) in [5.41, 5.74) is 0.979. The summed E-state index contributed by atoms with van der Waals surface area (Å²) in [5.74, 6) is 3.21. The fourth-order valence-electron chi connectivity index (χ4n) is 3.18. The highest BCUT2D eigenvalue weighted by molar-refractivity contribution is 5.05. The summed E-state index contributed by atoms with van der Waals surface area (Å²) in [4.78, 5) is 13.6. The van der Waals surface area contributed by atoms with E-state index in [-0.39, 0.29) is 0 Å². The first kappa shape index (κ1) is 17.1. The second-order valence-corrected chi connectivity index (χ2v) is 6.65. The second kappa shape index (κ2) is 7.44. The number of likely N-dealkylation sites (tertiary alicyclic amines) is 1. The Kier molecular flexibility index (Phi) is 5.30. The zero-order chi connectivity index (χ0) is 17.1. The van der Waals surface area contributed by atoms with Crippen LogP contribution < -0.4 is 0 Å². The number of likely N-dealkylation sites (N-methyl/N-ethyl adjacent to an activating group) is 1. The first-order valence-corrected chi connectivity index (χ1v) is 8.72. The van der Waals surface area contributed by atoms with Crippen molar-refractivity contribution < 1.29 is 8.94 Å². The molecule has 2 aromatic heterocycles. The number of hydrogen-bond acceptors (Lipinski definition) is 7. The maximum Gasteiger partial charge on any atom is 0.226 e. The quantitative estimate of drug-likeness (QED) is 0.803. The standard InChI is InChI=1S/C17H27N5O2/c1-5-16-19-15(20-24-16)10-22-8-6-7-14(9-22)21(4)11-17-18-12(2)13(3)23-17/h14H,5-11H2,1-4H3. The highest BCUT2D eigenvalue weighted by Gasteiger charge is 2.25. The number of rotatable bonds is 6. The predicted molar refractivity (Wildman–Crippen MR) is 89.4 cm³/mol. The smallest absolute Gasteiger partial charge is 0.226 e. The molecule has 1 unspecified atom stereocenters. The molecule has 1 saturated heterocycles. The Labute approximate surface area is 143 Å². The van der Waals surface area contributed by atoms with Gasteiger partial charge in [0.15, 0.2) is 5.82 Å². The summed E-state index contributed by atoms with van der Waals surface area (Å²) in [6.07, 6.45) is 3.16. The highest BCUT2D eigenvalue weighted by Crippen LogP contribution is 2.19. The van der Waals surface area contributed by atoms with E-state index in [1.54, 1.807) is 0 Å². The molecule has 1 fully saturated rings. The van der Waals surface area contributed by atoms with Crippen LogP contribution in [0.25, 0.3) is 0 Å². The Hall–Kier alpha value is -1.73. The molecule has 1 aliphatic rings. The second-order valence-electron chi connectivity index (χ2n) is 6.65. The molecule has 1 atom stereocenters. The van der Waals surface area contributed by atoms with E-state index in [2.05, 4.69) is 32.0 Å². The van der Waals surface area contributed by atoms with Crippen LogP contribution in [0.1, 0.15) is 48.8 Å². The monoisotopic (exact) mass is 333 g/mol. The molecule has 7 nitrogen and oxygen atoms in total. The largest absolute Gasteiger partial charge is 0.444 e. The molecule has 0 saturated carbocycles. The third kappa shape index (κ3) is 4.02. The van der Waals surface area contributed by atoms with Gasteiger partial charge in [-0.05, 0) is 40.3 Å². The zero-order valence-corrected chi connectivity index (χ0v) is 15.1. The minimum absolute atomic E-state index is 0.490.